The average Bonchev–Trinajstić information content (AvgIpc) is 3.33. The summed E-state index contributed by atoms with van der Waals surface area (Å²) in [6, 6.07) is 29.5. The number of aryl methyl sites for hydroxylation is 1. The van der Waals surface area contributed by atoms with Crippen LogP contribution in [-0.2, 0) is 9.59 Å². The Morgan fingerprint density at radius 2 is 1.55 bits per heavy atom. The van der Waals surface area contributed by atoms with Gasteiger partial charge in [0.1, 0.15) is 5.82 Å². The molecular weight excluding hydrogens is 472 g/mol. The zero-order chi connectivity index (χ0) is 27.1. The molecule has 4 rings (SSSR count). The lowest BCUT2D eigenvalue weighted by Gasteiger charge is -2.28. The number of hydrogen-bond acceptors (Lipinski definition) is 3. The van der Waals surface area contributed by atoms with Gasteiger partial charge in [-0.25, -0.2) is 4.68 Å². The van der Waals surface area contributed by atoms with Gasteiger partial charge in [0.15, 0.2) is 0 Å². The molecule has 0 aliphatic carbocycles. The molecule has 0 saturated heterocycles. The third-order valence-electron chi connectivity index (χ3n) is 6.46. The van der Waals surface area contributed by atoms with E-state index >= 15 is 0 Å². The Bertz CT molecular complexity index is 1350. The first kappa shape index (κ1) is 26.9. The van der Waals surface area contributed by atoms with Crippen LogP contribution in [0.25, 0.3) is 16.9 Å². The number of carbonyl (C=O) groups is 2. The Hall–Kier alpha value is -4.19. The highest BCUT2D eigenvalue weighted by Crippen LogP contribution is 2.26. The first-order valence-corrected chi connectivity index (χ1v) is 13.2. The van der Waals surface area contributed by atoms with E-state index in [1.54, 1.807) is 9.58 Å². The second-order valence-corrected chi connectivity index (χ2v) is 10.1. The van der Waals surface area contributed by atoms with E-state index in [0.29, 0.717) is 18.8 Å². The molecule has 6 heteroatoms. The summed E-state index contributed by atoms with van der Waals surface area (Å²) >= 11 is 0. The number of amides is 2. The van der Waals surface area contributed by atoms with Gasteiger partial charge < -0.3 is 10.2 Å². The quantitative estimate of drug-likeness (QED) is 0.267. The third kappa shape index (κ3) is 6.57. The zero-order valence-electron chi connectivity index (χ0n) is 22.6. The van der Waals surface area contributed by atoms with Crippen LogP contribution in [0.2, 0.25) is 0 Å². The number of hydrogen-bond donors (Lipinski definition) is 1. The van der Waals surface area contributed by atoms with E-state index in [4.69, 9.17) is 5.10 Å². The van der Waals surface area contributed by atoms with Gasteiger partial charge in [-0.05, 0) is 37.0 Å². The molecule has 1 heterocycles. The minimum atomic E-state index is -0.287. The molecule has 4 aromatic rings. The van der Waals surface area contributed by atoms with Crippen LogP contribution in [0, 0.1) is 12.8 Å². The second kappa shape index (κ2) is 12.4. The topological polar surface area (TPSA) is 67.2 Å². The van der Waals surface area contributed by atoms with Gasteiger partial charge in [-0.2, -0.15) is 5.10 Å². The summed E-state index contributed by atoms with van der Waals surface area (Å²) in [7, 11) is 0. The Morgan fingerprint density at radius 1 is 0.921 bits per heavy atom. The van der Waals surface area contributed by atoms with Crippen molar-refractivity contribution >= 4 is 17.6 Å². The number of nitrogens with zero attached hydrogens (tertiary/aromatic N) is 3. The van der Waals surface area contributed by atoms with Crippen molar-refractivity contribution < 1.29 is 9.59 Å². The van der Waals surface area contributed by atoms with Crippen LogP contribution >= 0.6 is 0 Å². The maximum atomic E-state index is 13.6. The van der Waals surface area contributed by atoms with Crippen LogP contribution in [-0.4, -0.2) is 39.6 Å². The van der Waals surface area contributed by atoms with E-state index in [1.165, 1.54) is 0 Å². The molecular formula is C32H36N4O2. The summed E-state index contributed by atoms with van der Waals surface area (Å²) in [5.41, 5.74) is 4.67. The van der Waals surface area contributed by atoms with Crippen molar-refractivity contribution in [2.75, 3.05) is 18.4 Å². The highest BCUT2D eigenvalue weighted by Gasteiger charge is 2.27. The van der Waals surface area contributed by atoms with Gasteiger partial charge >= 0.3 is 0 Å². The number of rotatable bonds is 10. The SMILES string of the molecule is CCC(C(=O)N(CC(=O)Nc1cc(-c2ccccc2)nn1-c1ccc(C)cc1)CC(C)C)c1ccccc1. The van der Waals surface area contributed by atoms with Crippen LogP contribution in [0.4, 0.5) is 5.82 Å². The fraction of sp³-hybridized carbons (Fsp3) is 0.281. The molecule has 0 aliphatic heterocycles. The predicted molar refractivity (Wildman–Crippen MR) is 153 cm³/mol. The third-order valence-corrected chi connectivity index (χ3v) is 6.46. The normalized spacial score (nSPS) is 11.8. The van der Waals surface area contributed by atoms with Crippen molar-refractivity contribution in [1.82, 2.24) is 14.7 Å². The van der Waals surface area contributed by atoms with Gasteiger partial charge in [-0.1, -0.05) is 99.1 Å². The molecule has 1 atom stereocenters. The van der Waals surface area contributed by atoms with Crippen molar-refractivity contribution in [1.29, 1.82) is 0 Å². The fourth-order valence-corrected chi connectivity index (χ4v) is 4.59. The lowest BCUT2D eigenvalue weighted by molar-refractivity contribution is -0.136. The van der Waals surface area contributed by atoms with E-state index in [1.807, 2.05) is 105 Å². The van der Waals surface area contributed by atoms with Crippen LogP contribution in [0.5, 0.6) is 0 Å². The molecule has 38 heavy (non-hydrogen) atoms. The van der Waals surface area contributed by atoms with Gasteiger partial charge in [0.25, 0.3) is 0 Å². The maximum absolute atomic E-state index is 13.6. The maximum Gasteiger partial charge on any atom is 0.245 e. The summed E-state index contributed by atoms with van der Waals surface area (Å²) in [4.78, 5) is 28.7. The molecule has 0 aliphatic rings. The smallest absolute Gasteiger partial charge is 0.245 e. The van der Waals surface area contributed by atoms with Gasteiger partial charge in [-0.3, -0.25) is 9.59 Å². The zero-order valence-corrected chi connectivity index (χ0v) is 22.6. The van der Waals surface area contributed by atoms with Crippen LogP contribution in [0.3, 0.4) is 0 Å². The molecule has 0 fully saturated rings. The predicted octanol–water partition coefficient (Wildman–Crippen LogP) is 6.46. The fourth-order valence-electron chi connectivity index (χ4n) is 4.59. The molecule has 1 unspecified atom stereocenters. The Labute approximate surface area is 225 Å². The summed E-state index contributed by atoms with van der Waals surface area (Å²) in [6.45, 7) is 8.63. The molecule has 0 spiro atoms. The monoisotopic (exact) mass is 508 g/mol. The molecule has 1 N–H and O–H groups in total. The first-order valence-electron chi connectivity index (χ1n) is 13.2. The minimum Gasteiger partial charge on any atom is -0.333 e. The van der Waals surface area contributed by atoms with Crippen molar-refractivity contribution in [3.05, 3.63) is 102 Å². The molecule has 6 nitrogen and oxygen atoms in total. The van der Waals surface area contributed by atoms with E-state index in [9.17, 15) is 9.59 Å². The summed E-state index contributed by atoms with van der Waals surface area (Å²) in [5.74, 6) is 0.215. The largest absolute Gasteiger partial charge is 0.333 e. The lowest BCUT2D eigenvalue weighted by Crippen LogP contribution is -2.42. The summed E-state index contributed by atoms with van der Waals surface area (Å²) in [5, 5.41) is 7.84. The van der Waals surface area contributed by atoms with Gasteiger partial charge in [0.2, 0.25) is 11.8 Å². The molecule has 196 valence electrons. The van der Waals surface area contributed by atoms with Crippen molar-refractivity contribution in [2.24, 2.45) is 5.92 Å². The molecule has 0 saturated carbocycles. The van der Waals surface area contributed by atoms with Crippen molar-refractivity contribution in [2.45, 2.75) is 40.0 Å². The average molecular weight is 509 g/mol. The number of aromatic nitrogens is 2. The summed E-state index contributed by atoms with van der Waals surface area (Å²) < 4.78 is 1.74. The minimum absolute atomic E-state index is 0.0277. The van der Waals surface area contributed by atoms with E-state index in [2.05, 4.69) is 19.2 Å². The Morgan fingerprint density at radius 3 is 2.16 bits per heavy atom. The highest BCUT2D eigenvalue weighted by atomic mass is 16.2. The van der Waals surface area contributed by atoms with Crippen molar-refractivity contribution in [3.8, 4) is 16.9 Å². The van der Waals surface area contributed by atoms with E-state index in [0.717, 1.165) is 28.1 Å². The molecule has 0 radical (unpaired) electrons. The van der Waals surface area contributed by atoms with Crippen molar-refractivity contribution in [3.63, 3.8) is 0 Å². The lowest BCUT2D eigenvalue weighted by atomic mass is 9.94. The Kier molecular flexibility index (Phi) is 8.74. The number of benzene rings is 3. The molecule has 0 bridgehead atoms. The standard InChI is InChI=1S/C32H36N4O2/c1-5-28(25-12-8-6-9-13-25)32(38)35(21-23(2)3)22-31(37)33-30-20-29(26-14-10-7-11-15-26)34-36(30)27-18-16-24(4)17-19-27/h6-20,23,28H,5,21-22H2,1-4H3,(H,33,37). The van der Waals surface area contributed by atoms with E-state index < -0.39 is 0 Å². The molecule has 3 aromatic carbocycles. The number of nitrogens with one attached hydrogen (secondary N) is 1. The first-order chi connectivity index (χ1) is 18.4. The van der Waals surface area contributed by atoms with Gasteiger partial charge in [0.05, 0.1) is 23.8 Å². The number of carbonyl (C=O) groups excluding carboxylic acids is 2. The Balaban J connectivity index is 1.60. The second-order valence-electron chi connectivity index (χ2n) is 10.1. The van der Waals surface area contributed by atoms with Gasteiger partial charge in [0, 0.05) is 18.2 Å². The van der Waals surface area contributed by atoms with Crippen LogP contribution in [0.15, 0.2) is 91.0 Å². The van der Waals surface area contributed by atoms with Crippen LogP contribution in [0.1, 0.15) is 44.2 Å². The van der Waals surface area contributed by atoms with Crippen LogP contribution < -0.4 is 5.32 Å². The number of anilines is 1. The van der Waals surface area contributed by atoms with Gasteiger partial charge in [-0.15, -0.1) is 0 Å². The van der Waals surface area contributed by atoms with E-state index in [-0.39, 0.29) is 30.2 Å². The molecule has 2 amide bonds. The molecule has 1 aromatic heterocycles. The highest BCUT2D eigenvalue weighted by molar-refractivity contribution is 5.95. The summed E-state index contributed by atoms with van der Waals surface area (Å²) in [6.07, 6.45) is 0.666.